The molecule has 3 nitrogen and oxygen atoms in total. The second-order valence-corrected chi connectivity index (χ2v) is 3.95. The van der Waals surface area contributed by atoms with Crippen LogP contribution in [-0.4, -0.2) is 11.5 Å². The third kappa shape index (κ3) is 3.77. The van der Waals surface area contributed by atoms with Crippen molar-refractivity contribution in [3.05, 3.63) is 59.4 Å². The smallest absolute Gasteiger partial charge is 0.141 e. The van der Waals surface area contributed by atoms with Crippen LogP contribution in [0.1, 0.15) is 11.1 Å². The Morgan fingerprint density at radius 3 is 2.75 bits per heavy atom. The van der Waals surface area contributed by atoms with Crippen molar-refractivity contribution in [1.29, 1.82) is 0 Å². The van der Waals surface area contributed by atoms with E-state index >= 15 is 0 Å². The summed E-state index contributed by atoms with van der Waals surface area (Å²) in [7, 11) is 0. The highest BCUT2D eigenvalue weighted by Crippen LogP contribution is 2.20. The number of hydrogen-bond acceptors (Lipinski definition) is 3. The van der Waals surface area contributed by atoms with Crippen molar-refractivity contribution in [2.45, 2.75) is 6.61 Å². The van der Waals surface area contributed by atoms with Gasteiger partial charge in [-0.25, -0.2) is 8.78 Å². The summed E-state index contributed by atoms with van der Waals surface area (Å²) in [6.45, 7) is 0.289. The van der Waals surface area contributed by atoms with E-state index < -0.39 is 11.6 Å². The largest absolute Gasteiger partial charge is 0.488 e. The molecule has 2 aromatic rings. The molecule has 0 saturated carbocycles. The molecule has 0 aliphatic carbocycles. The summed E-state index contributed by atoms with van der Waals surface area (Å²) in [6.07, 6.45) is 2.61. The Bertz CT molecular complexity index is 662. The molecule has 20 heavy (non-hydrogen) atoms. The first-order valence-corrected chi connectivity index (χ1v) is 5.90. The SMILES string of the molecule is NCC#Cc1cc(F)ccc1OCc1cncc(F)c1. The molecule has 0 spiro atoms. The summed E-state index contributed by atoms with van der Waals surface area (Å²) >= 11 is 0. The lowest BCUT2D eigenvalue weighted by Gasteiger charge is -2.08. The van der Waals surface area contributed by atoms with Crippen LogP contribution in [-0.2, 0) is 6.61 Å². The second-order valence-electron chi connectivity index (χ2n) is 3.95. The fraction of sp³-hybridized carbons (Fsp3) is 0.133. The molecule has 0 fully saturated rings. The number of hydrogen-bond donors (Lipinski definition) is 1. The van der Waals surface area contributed by atoms with Crippen LogP contribution in [0.15, 0.2) is 36.7 Å². The van der Waals surface area contributed by atoms with Crippen LogP contribution in [0.5, 0.6) is 5.75 Å². The van der Waals surface area contributed by atoms with Crippen molar-refractivity contribution in [3.8, 4) is 17.6 Å². The van der Waals surface area contributed by atoms with Crippen molar-refractivity contribution in [2.75, 3.05) is 6.54 Å². The van der Waals surface area contributed by atoms with E-state index in [-0.39, 0.29) is 13.2 Å². The number of benzene rings is 1. The normalized spacial score (nSPS) is 9.75. The molecule has 2 N–H and O–H groups in total. The molecule has 0 bridgehead atoms. The van der Waals surface area contributed by atoms with Gasteiger partial charge in [-0.2, -0.15) is 0 Å². The highest BCUT2D eigenvalue weighted by molar-refractivity contribution is 5.46. The molecule has 0 saturated heterocycles. The van der Waals surface area contributed by atoms with Gasteiger partial charge >= 0.3 is 0 Å². The molecule has 0 amide bonds. The molecule has 0 radical (unpaired) electrons. The lowest BCUT2D eigenvalue weighted by Crippen LogP contribution is -1.99. The molecule has 1 aromatic carbocycles. The van der Waals surface area contributed by atoms with Crippen LogP contribution in [0.3, 0.4) is 0 Å². The first kappa shape index (κ1) is 14.0. The van der Waals surface area contributed by atoms with Gasteiger partial charge in [0.15, 0.2) is 0 Å². The molecule has 2 rings (SSSR count). The Balaban J connectivity index is 2.16. The van der Waals surface area contributed by atoms with Crippen LogP contribution in [0.25, 0.3) is 0 Å². The molecule has 1 heterocycles. The van der Waals surface area contributed by atoms with Gasteiger partial charge in [0.05, 0.1) is 18.3 Å². The molecular weight excluding hydrogens is 262 g/mol. The van der Waals surface area contributed by atoms with Gasteiger partial charge in [-0.3, -0.25) is 4.98 Å². The van der Waals surface area contributed by atoms with E-state index in [9.17, 15) is 8.78 Å². The van der Waals surface area contributed by atoms with Crippen molar-refractivity contribution >= 4 is 0 Å². The number of nitrogens with zero attached hydrogens (tertiary/aromatic N) is 1. The number of aromatic nitrogens is 1. The number of halogens is 2. The van der Waals surface area contributed by atoms with Crippen LogP contribution < -0.4 is 10.5 Å². The van der Waals surface area contributed by atoms with Crippen LogP contribution in [0, 0.1) is 23.5 Å². The van der Waals surface area contributed by atoms with Gasteiger partial charge in [0.25, 0.3) is 0 Å². The summed E-state index contributed by atoms with van der Waals surface area (Å²) in [4.78, 5) is 3.72. The molecule has 0 aliphatic heterocycles. The molecule has 5 heteroatoms. The molecule has 1 aromatic heterocycles. The Hall–Kier alpha value is -2.45. The predicted molar refractivity (Wildman–Crippen MR) is 70.9 cm³/mol. The lowest BCUT2D eigenvalue weighted by atomic mass is 10.2. The first-order valence-electron chi connectivity index (χ1n) is 5.90. The van der Waals surface area contributed by atoms with Gasteiger partial charge in [0.1, 0.15) is 24.0 Å². The molecule has 102 valence electrons. The van der Waals surface area contributed by atoms with Gasteiger partial charge in [0.2, 0.25) is 0 Å². The number of nitrogens with two attached hydrogens (primary N) is 1. The Labute approximate surface area is 115 Å². The quantitative estimate of drug-likeness (QED) is 0.873. The zero-order valence-electron chi connectivity index (χ0n) is 10.6. The van der Waals surface area contributed by atoms with Gasteiger partial charge in [-0.1, -0.05) is 11.8 Å². The summed E-state index contributed by atoms with van der Waals surface area (Å²) in [6, 6.07) is 5.33. The van der Waals surface area contributed by atoms with Crippen LogP contribution in [0.4, 0.5) is 8.78 Å². The topological polar surface area (TPSA) is 48.1 Å². The maximum Gasteiger partial charge on any atom is 0.141 e. The molecule has 0 unspecified atom stereocenters. The summed E-state index contributed by atoms with van der Waals surface area (Å²) < 4.78 is 31.7. The van der Waals surface area contributed by atoms with Gasteiger partial charge in [0, 0.05) is 11.8 Å². The maximum absolute atomic E-state index is 13.2. The molecular formula is C15H12F2N2O. The fourth-order valence-corrected chi connectivity index (χ4v) is 1.57. The van der Waals surface area contributed by atoms with Crippen molar-refractivity contribution < 1.29 is 13.5 Å². The molecule has 0 atom stereocenters. The maximum atomic E-state index is 13.2. The summed E-state index contributed by atoms with van der Waals surface area (Å²) in [5, 5.41) is 0. The lowest BCUT2D eigenvalue weighted by molar-refractivity contribution is 0.303. The minimum absolute atomic E-state index is 0.119. The zero-order valence-corrected chi connectivity index (χ0v) is 10.6. The van der Waals surface area contributed by atoms with Gasteiger partial charge in [-0.05, 0) is 24.3 Å². The number of rotatable bonds is 3. The number of pyridine rings is 1. The van der Waals surface area contributed by atoms with Crippen molar-refractivity contribution in [3.63, 3.8) is 0 Å². The highest BCUT2D eigenvalue weighted by atomic mass is 19.1. The zero-order chi connectivity index (χ0) is 14.4. The standard InChI is InChI=1S/C15H12F2N2O/c16-13-3-4-15(12(7-13)2-1-5-18)20-10-11-6-14(17)9-19-8-11/h3-4,6-9H,5,10,18H2. The van der Waals surface area contributed by atoms with Crippen LogP contribution in [0.2, 0.25) is 0 Å². The Morgan fingerprint density at radius 2 is 2.00 bits per heavy atom. The first-order chi connectivity index (χ1) is 9.69. The van der Waals surface area contributed by atoms with E-state index in [1.54, 1.807) is 0 Å². The average Bonchev–Trinajstić information content (AvgIpc) is 2.44. The summed E-state index contributed by atoms with van der Waals surface area (Å²) in [5.74, 6) is 4.94. The fourth-order valence-electron chi connectivity index (χ4n) is 1.57. The van der Waals surface area contributed by atoms with E-state index in [1.807, 2.05) is 0 Å². The number of ether oxygens (including phenoxy) is 1. The monoisotopic (exact) mass is 274 g/mol. The third-order valence-electron chi connectivity index (χ3n) is 2.42. The van der Waals surface area contributed by atoms with Gasteiger partial charge < -0.3 is 10.5 Å². The van der Waals surface area contributed by atoms with E-state index in [2.05, 4.69) is 16.8 Å². The van der Waals surface area contributed by atoms with E-state index in [1.165, 1.54) is 30.5 Å². The Morgan fingerprint density at radius 1 is 1.15 bits per heavy atom. The van der Waals surface area contributed by atoms with E-state index in [4.69, 9.17) is 10.5 Å². The van der Waals surface area contributed by atoms with E-state index in [0.717, 1.165) is 6.20 Å². The highest BCUT2D eigenvalue weighted by Gasteiger charge is 2.04. The summed E-state index contributed by atoms with van der Waals surface area (Å²) in [5.41, 5.74) is 6.27. The van der Waals surface area contributed by atoms with Gasteiger partial charge in [-0.15, -0.1) is 0 Å². The Kier molecular flexibility index (Phi) is 4.64. The van der Waals surface area contributed by atoms with Crippen molar-refractivity contribution in [2.24, 2.45) is 5.73 Å². The average molecular weight is 274 g/mol. The predicted octanol–water partition coefficient (Wildman–Crippen LogP) is 2.25. The minimum atomic E-state index is -0.437. The third-order valence-corrected chi connectivity index (χ3v) is 2.42. The van der Waals surface area contributed by atoms with Crippen molar-refractivity contribution in [1.82, 2.24) is 4.98 Å². The second kappa shape index (κ2) is 6.64. The van der Waals surface area contributed by atoms with Crippen LogP contribution >= 0.6 is 0 Å². The van der Waals surface area contributed by atoms with E-state index in [0.29, 0.717) is 16.9 Å². The minimum Gasteiger partial charge on any atom is -0.488 e. The molecule has 0 aliphatic rings.